The standard InChI is InChI=1S/C15H22FN3/c1-12(2)19(3)9-5-4-8-18-15-7-6-13(11-17)10-14(15)16/h6-7,10,12,18H,4-5,8-9H2,1-3H3. The van der Waals surface area contributed by atoms with Gasteiger partial charge in [0, 0.05) is 12.6 Å². The summed E-state index contributed by atoms with van der Waals surface area (Å²) in [5, 5.41) is 11.7. The van der Waals surface area contributed by atoms with Crippen LogP contribution in [0.4, 0.5) is 10.1 Å². The van der Waals surface area contributed by atoms with Crippen LogP contribution in [0, 0.1) is 17.1 Å². The normalized spacial score (nSPS) is 10.8. The SMILES string of the molecule is CC(C)N(C)CCCCNc1ccc(C#N)cc1F. The molecule has 0 saturated carbocycles. The Labute approximate surface area is 115 Å². The molecule has 0 aromatic heterocycles. The van der Waals surface area contributed by atoms with Gasteiger partial charge in [-0.15, -0.1) is 0 Å². The zero-order chi connectivity index (χ0) is 14.3. The Morgan fingerprint density at radius 2 is 2.11 bits per heavy atom. The summed E-state index contributed by atoms with van der Waals surface area (Å²) < 4.78 is 13.6. The lowest BCUT2D eigenvalue weighted by molar-refractivity contribution is 0.269. The second-order valence-electron chi connectivity index (χ2n) is 5.01. The van der Waals surface area contributed by atoms with E-state index >= 15 is 0 Å². The summed E-state index contributed by atoms with van der Waals surface area (Å²) in [5.41, 5.74) is 0.817. The van der Waals surface area contributed by atoms with Gasteiger partial charge in [-0.25, -0.2) is 4.39 Å². The first kappa shape index (κ1) is 15.5. The molecule has 0 bridgehead atoms. The second kappa shape index (κ2) is 7.75. The molecule has 0 unspecified atom stereocenters. The topological polar surface area (TPSA) is 39.1 Å². The highest BCUT2D eigenvalue weighted by Gasteiger charge is 2.04. The van der Waals surface area contributed by atoms with Crippen molar-refractivity contribution in [2.45, 2.75) is 32.7 Å². The van der Waals surface area contributed by atoms with Crippen molar-refractivity contribution in [3.8, 4) is 6.07 Å². The number of nitrogens with zero attached hydrogens (tertiary/aromatic N) is 2. The van der Waals surface area contributed by atoms with Crippen LogP contribution in [0.1, 0.15) is 32.3 Å². The number of nitriles is 1. The first-order chi connectivity index (χ1) is 9.04. The monoisotopic (exact) mass is 263 g/mol. The van der Waals surface area contributed by atoms with E-state index in [2.05, 4.69) is 31.1 Å². The van der Waals surface area contributed by atoms with Crippen LogP contribution in [0.25, 0.3) is 0 Å². The molecule has 0 fully saturated rings. The maximum absolute atomic E-state index is 13.6. The molecule has 1 aromatic rings. The van der Waals surface area contributed by atoms with Crippen LogP contribution >= 0.6 is 0 Å². The Morgan fingerprint density at radius 3 is 2.68 bits per heavy atom. The van der Waals surface area contributed by atoms with Gasteiger partial charge < -0.3 is 10.2 Å². The molecule has 0 aliphatic rings. The fraction of sp³-hybridized carbons (Fsp3) is 0.533. The van der Waals surface area contributed by atoms with Crippen molar-refractivity contribution in [2.24, 2.45) is 0 Å². The average molecular weight is 263 g/mol. The Kier molecular flexibility index (Phi) is 6.31. The minimum atomic E-state index is -0.363. The van der Waals surface area contributed by atoms with Gasteiger partial charge in [0.05, 0.1) is 17.3 Å². The highest BCUT2D eigenvalue weighted by molar-refractivity contribution is 5.48. The van der Waals surface area contributed by atoms with Crippen molar-refractivity contribution < 1.29 is 4.39 Å². The van der Waals surface area contributed by atoms with Crippen LogP contribution < -0.4 is 5.32 Å². The van der Waals surface area contributed by atoms with Gasteiger partial charge >= 0.3 is 0 Å². The Bertz CT molecular complexity index is 438. The predicted octanol–water partition coefficient (Wildman–Crippen LogP) is 3.23. The number of anilines is 1. The molecule has 0 atom stereocenters. The van der Waals surface area contributed by atoms with Crippen LogP contribution in [-0.2, 0) is 0 Å². The van der Waals surface area contributed by atoms with E-state index in [-0.39, 0.29) is 5.82 Å². The zero-order valence-electron chi connectivity index (χ0n) is 11.9. The molecular weight excluding hydrogens is 241 g/mol. The molecule has 104 valence electrons. The molecule has 0 spiro atoms. The van der Waals surface area contributed by atoms with Gasteiger partial charge in [-0.1, -0.05) is 0 Å². The van der Waals surface area contributed by atoms with Crippen LogP contribution in [0.3, 0.4) is 0 Å². The van der Waals surface area contributed by atoms with Crippen LogP contribution in [0.15, 0.2) is 18.2 Å². The molecule has 1 N–H and O–H groups in total. The van der Waals surface area contributed by atoms with Gasteiger partial charge in [0.15, 0.2) is 0 Å². The molecular formula is C15H22FN3. The molecule has 4 heteroatoms. The maximum Gasteiger partial charge on any atom is 0.147 e. The predicted molar refractivity (Wildman–Crippen MR) is 76.6 cm³/mol. The van der Waals surface area contributed by atoms with Crippen molar-refractivity contribution in [1.29, 1.82) is 5.26 Å². The van der Waals surface area contributed by atoms with E-state index in [9.17, 15) is 4.39 Å². The van der Waals surface area contributed by atoms with Gasteiger partial charge in [0.1, 0.15) is 5.82 Å². The van der Waals surface area contributed by atoms with Gasteiger partial charge in [-0.05, 0) is 58.5 Å². The third kappa shape index (κ3) is 5.27. The third-order valence-corrected chi connectivity index (χ3v) is 3.23. The first-order valence-electron chi connectivity index (χ1n) is 6.68. The summed E-state index contributed by atoms with van der Waals surface area (Å²) >= 11 is 0. The van der Waals surface area contributed by atoms with E-state index in [4.69, 9.17) is 5.26 Å². The summed E-state index contributed by atoms with van der Waals surface area (Å²) in [4.78, 5) is 2.29. The molecule has 1 aromatic carbocycles. The Balaban J connectivity index is 2.28. The average Bonchev–Trinajstić information content (AvgIpc) is 2.39. The zero-order valence-corrected chi connectivity index (χ0v) is 11.9. The maximum atomic E-state index is 13.6. The van der Waals surface area contributed by atoms with E-state index in [0.717, 1.165) is 25.9 Å². The van der Waals surface area contributed by atoms with Crippen LogP contribution in [-0.4, -0.2) is 31.1 Å². The number of unbranched alkanes of at least 4 members (excludes halogenated alkanes) is 1. The van der Waals surface area contributed by atoms with Crippen molar-refractivity contribution in [3.05, 3.63) is 29.6 Å². The number of rotatable bonds is 7. The van der Waals surface area contributed by atoms with Gasteiger partial charge in [-0.2, -0.15) is 5.26 Å². The lowest BCUT2D eigenvalue weighted by Gasteiger charge is -2.20. The highest BCUT2D eigenvalue weighted by atomic mass is 19.1. The Hall–Kier alpha value is -1.60. The summed E-state index contributed by atoms with van der Waals surface area (Å²) in [5.74, 6) is -0.363. The number of benzene rings is 1. The lowest BCUT2D eigenvalue weighted by atomic mass is 10.2. The minimum Gasteiger partial charge on any atom is -0.383 e. The molecule has 1 rings (SSSR count). The lowest BCUT2D eigenvalue weighted by Crippen LogP contribution is -2.27. The van der Waals surface area contributed by atoms with Crippen molar-refractivity contribution in [2.75, 3.05) is 25.5 Å². The van der Waals surface area contributed by atoms with Crippen molar-refractivity contribution >= 4 is 5.69 Å². The molecule has 0 amide bonds. The fourth-order valence-corrected chi connectivity index (χ4v) is 1.70. The van der Waals surface area contributed by atoms with Crippen LogP contribution in [0.2, 0.25) is 0 Å². The minimum absolute atomic E-state index is 0.349. The van der Waals surface area contributed by atoms with E-state index < -0.39 is 0 Å². The number of hydrogen-bond donors (Lipinski definition) is 1. The molecule has 3 nitrogen and oxygen atoms in total. The van der Waals surface area contributed by atoms with Crippen molar-refractivity contribution in [1.82, 2.24) is 4.90 Å². The smallest absolute Gasteiger partial charge is 0.147 e. The van der Waals surface area contributed by atoms with Crippen molar-refractivity contribution in [3.63, 3.8) is 0 Å². The largest absolute Gasteiger partial charge is 0.383 e. The number of halogens is 1. The van der Waals surface area contributed by atoms with E-state index in [1.165, 1.54) is 6.07 Å². The molecule has 0 saturated heterocycles. The third-order valence-electron chi connectivity index (χ3n) is 3.23. The van der Waals surface area contributed by atoms with E-state index in [0.29, 0.717) is 17.3 Å². The second-order valence-corrected chi connectivity index (χ2v) is 5.01. The van der Waals surface area contributed by atoms with Gasteiger partial charge in [0.25, 0.3) is 0 Å². The molecule has 19 heavy (non-hydrogen) atoms. The first-order valence-corrected chi connectivity index (χ1v) is 6.68. The highest BCUT2D eigenvalue weighted by Crippen LogP contribution is 2.15. The summed E-state index contributed by atoms with van der Waals surface area (Å²) in [6, 6.07) is 6.98. The molecule has 0 heterocycles. The quantitative estimate of drug-likeness (QED) is 0.768. The molecule has 0 aliphatic carbocycles. The molecule has 0 radical (unpaired) electrons. The molecule has 0 aliphatic heterocycles. The summed E-state index contributed by atoms with van der Waals surface area (Å²) in [7, 11) is 2.11. The summed E-state index contributed by atoms with van der Waals surface area (Å²) in [6.07, 6.45) is 2.08. The van der Waals surface area contributed by atoms with Crippen LogP contribution in [0.5, 0.6) is 0 Å². The van der Waals surface area contributed by atoms with E-state index in [1.54, 1.807) is 12.1 Å². The van der Waals surface area contributed by atoms with E-state index in [1.807, 2.05) is 6.07 Å². The van der Waals surface area contributed by atoms with Gasteiger partial charge in [-0.3, -0.25) is 0 Å². The Morgan fingerprint density at radius 1 is 1.37 bits per heavy atom. The number of nitrogens with one attached hydrogen (secondary N) is 1. The summed E-state index contributed by atoms with van der Waals surface area (Å²) in [6.45, 7) is 6.14. The number of hydrogen-bond acceptors (Lipinski definition) is 3. The van der Waals surface area contributed by atoms with Gasteiger partial charge in [0.2, 0.25) is 0 Å². The fourth-order valence-electron chi connectivity index (χ4n) is 1.70.